The first-order valence-electron chi connectivity index (χ1n) is 7.05. The van der Waals surface area contributed by atoms with Crippen LogP contribution in [0.5, 0.6) is 0 Å². The molecule has 21 heavy (non-hydrogen) atoms. The number of aromatic nitrogens is 2. The molecule has 1 aromatic carbocycles. The van der Waals surface area contributed by atoms with E-state index in [1.807, 2.05) is 37.3 Å². The van der Waals surface area contributed by atoms with Gasteiger partial charge in [0.2, 0.25) is 0 Å². The Balaban J connectivity index is 2.45. The van der Waals surface area contributed by atoms with E-state index >= 15 is 0 Å². The Morgan fingerprint density at radius 3 is 2.52 bits per heavy atom. The zero-order valence-corrected chi connectivity index (χ0v) is 14.5. The number of aryl methyl sites for hydroxylation is 1. The van der Waals surface area contributed by atoms with Crippen molar-refractivity contribution in [3.05, 3.63) is 57.0 Å². The molecule has 1 unspecified atom stereocenters. The van der Waals surface area contributed by atoms with Crippen molar-refractivity contribution in [3.63, 3.8) is 0 Å². The summed E-state index contributed by atoms with van der Waals surface area (Å²) in [4.78, 5) is 9.04. The molecule has 1 atom stereocenters. The summed E-state index contributed by atoms with van der Waals surface area (Å²) in [6.07, 6.45) is 1.55. The van der Waals surface area contributed by atoms with Crippen LogP contribution in [-0.2, 0) is 11.2 Å². The molecule has 0 saturated carbocycles. The number of hydrogen-bond acceptors (Lipinski definition) is 3. The van der Waals surface area contributed by atoms with Crippen molar-refractivity contribution in [2.24, 2.45) is 0 Å². The lowest BCUT2D eigenvalue weighted by molar-refractivity contribution is 0.0849. The van der Waals surface area contributed by atoms with Gasteiger partial charge in [0, 0.05) is 6.61 Å². The molecule has 0 aliphatic rings. The second-order valence-electron chi connectivity index (χ2n) is 4.63. The first-order chi connectivity index (χ1) is 10.2. The number of ether oxygens (including phenoxy) is 1. The van der Waals surface area contributed by atoms with E-state index in [1.54, 1.807) is 0 Å². The molecule has 5 heteroatoms. The molecule has 3 nitrogen and oxygen atoms in total. The topological polar surface area (TPSA) is 35.0 Å². The minimum absolute atomic E-state index is 0.294. The van der Waals surface area contributed by atoms with Crippen LogP contribution in [0.4, 0.5) is 0 Å². The Kier molecular flexibility index (Phi) is 6.15. The molecule has 2 aromatic rings. The molecule has 1 aromatic heterocycles. The van der Waals surface area contributed by atoms with Crippen molar-refractivity contribution in [2.75, 3.05) is 6.61 Å². The van der Waals surface area contributed by atoms with Gasteiger partial charge in [-0.25, -0.2) is 9.97 Å². The maximum atomic E-state index is 6.23. The van der Waals surface area contributed by atoms with Gasteiger partial charge in [-0.1, -0.05) is 55.3 Å². The second kappa shape index (κ2) is 7.87. The van der Waals surface area contributed by atoms with Crippen LogP contribution in [0.15, 0.2) is 34.8 Å². The fourth-order valence-electron chi connectivity index (χ4n) is 2.12. The van der Waals surface area contributed by atoms with Gasteiger partial charge in [-0.2, -0.15) is 0 Å². The summed E-state index contributed by atoms with van der Waals surface area (Å²) >= 11 is 9.69. The number of rotatable bonds is 6. The normalized spacial score (nSPS) is 12.4. The molecular weight excluding hydrogens is 352 g/mol. The van der Waals surface area contributed by atoms with E-state index in [4.69, 9.17) is 16.3 Å². The van der Waals surface area contributed by atoms with E-state index in [1.165, 1.54) is 0 Å². The molecule has 0 spiro atoms. The summed E-state index contributed by atoms with van der Waals surface area (Å²) in [6.45, 7) is 4.66. The van der Waals surface area contributed by atoms with Crippen molar-refractivity contribution in [3.8, 4) is 0 Å². The lowest BCUT2D eigenvalue weighted by Gasteiger charge is -2.18. The average Bonchev–Trinajstić information content (AvgIpc) is 2.50. The predicted octanol–water partition coefficient (Wildman–Crippen LogP) is 4.97. The molecule has 0 fully saturated rings. The van der Waals surface area contributed by atoms with E-state index in [-0.39, 0.29) is 6.10 Å². The number of benzene rings is 1. The SMILES string of the molecule is CCCc1nc(C(OCC)c2ccccc2)nc(Cl)c1Br. The predicted molar refractivity (Wildman–Crippen MR) is 88.6 cm³/mol. The third-order valence-electron chi connectivity index (χ3n) is 3.05. The zero-order valence-electron chi connectivity index (χ0n) is 12.1. The molecule has 0 aliphatic heterocycles. The Morgan fingerprint density at radius 1 is 1.19 bits per heavy atom. The highest BCUT2D eigenvalue weighted by atomic mass is 79.9. The van der Waals surface area contributed by atoms with Gasteiger partial charge in [0.05, 0.1) is 10.2 Å². The summed E-state index contributed by atoms with van der Waals surface area (Å²) in [7, 11) is 0. The molecular formula is C16H18BrClN2O. The van der Waals surface area contributed by atoms with Gasteiger partial charge < -0.3 is 4.74 Å². The van der Waals surface area contributed by atoms with Crippen molar-refractivity contribution >= 4 is 27.5 Å². The van der Waals surface area contributed by atoms with Gasteiger partial charge in [-0.15, -0.1) is 0 Å². The molecule has 1 heterocycles. The minimum atomic E-state index is -0.294. The number of nitrogens with zero attached hydrogens (tertiary/aromatic N) is 2. The van der Waals surface area contributed by atoms with Crippen LogP contribution in [0, 0.1) is 0 Å². The summed E-state index contributed by atoms with van der Waals surface area (Å²) in [5.41, 5.74) is 1.95. The molecule has 0 amide bonds. The van der Waals surface area contributed by atoms with Gasteiger partial charge in [-0.3, -0.25) is 0 Å². The highest BCUT2D eigenvalue weighted by molar-refractivity contribution is 9.10. The van der Waals surface area contributed by atoms with E-state index < -0.39 is 0 Å². The summed E-state index contributed by atoms with van der Waals surface area (Å²) in [5, 5.41) is 0.434. The van der Waals surface area contributed by atoms with Crippen molar-refractivity contribution in [2.45, 2.75) is 32.8 Å². The van der Waals surface area contributed by atoms with E-state index in [0.717, 1.165) is 28.6 Å². The van der Waals surface area contributed by atoms with Crippen molar-refractivity contribution in [1.82, 2.24) is 9.97 Å². The van der Waals surface area contributed by atoms with Gasteiger partial charge in [0.1, 0.15) is 11.3 Å². The molecule has 0 bridgehead atoms. The second-order valence-corrected chi connectivity index (χ2v) is 5.78. The Bertz CT molecular complexity index is 592. The van der Waals surface area contributed by atoms with Crippen LogP contribution in [0.1, 0.15) is 43.5 Å². The average molecular weight is 370 g/mol. The smallest absolute Gasteiger partial charge is 0.163 e. The fourth-order valence-corrected chi connectivity index (χ4v) is 2.69. The quantitative estimate of drug-likeness (QED) is 0.674. The standard InChI is InChI=1S/C16H18BrClN2O/c1-3-8-12-13(17)15(18)20-16(19-12)14(21-4-2)11-9-6-5-7-10-11/h5-7,9-10,14H,3-4,8H2,1-2H3. The van der Waals surface area contributed by atoms with Gasteiger partial charge >= 0.3 is 0 Å². The Labute approximate surface area is 138 Å². The highest BCUT2D eigenvalue weighted by Crippen LogP contribution is 2.29. The van der Waals surface area contributed by atoms with Crippen LogP contribution in [0.2, 0.25) is 5.15 Å². The Morgan fingerprint density at radius 2 is 1.90 bits per heavy atom. The van der Waals surface area contributed by atoms with E-state index in [2.05, 4.69) is 32.8 Å². The molecule has 0 aliphatic carbocycles. The largest absolute Gasteiger partial charge is 0.366 e. The number of halogens is 2. The van der Waals surface area contributed by atoms with Gasteiger partial charge in [-0.05, 0) is 34.8 Å². The van der Waals surface area contributed by atoms with Gasteiger partial charge in [0.15, 0.2) is 5.82 Å². The van der Waals surface area contributed by atoms with Crippen LogP contribution in [0.3, 0.4) is 0 Å². The third kappa shape index (κ3) is 4.02. The van der Waals surface area contributed by atoms with E-state index in [0.29, 0.717) is 17.6 Å². The molecule has 0 saturated heterocycles. The lowest BCUT2D eigenvalue weighted by Crippen LogP contribution is -2.12. The maximum absolute atomic E-state index is 6.23. The van der Waals surface area contributed by atoms with Crippen LogP contribution < -0.4 is 0 Å². The molecule has 112 valence electrons. The highest BCUT2D eigenvalue weighted by Gasteiger charge is 2.20. The van der Waals surface area contributed by atoms with E-state index in [9.17, 15) is 0 Å². The summed E-state index contributed by atoms with van der Waals surface area (Å²) < 4.78 is 6.62. The van der Waals surface area contributed by atoms with Crippen LogP contribution in [-0.4, -0.2) is 16.6 Å². The molecule has 0 radical (unpaired) electrons. The fraction of sp³-hybridized carbons (Fsp3) is 0.375. The molecule has 0 N–H and O–H groups in total. The van der Waals surface area contributed by atoms with Crippen LogP contribution in [0.25, 0.3) is 0 Å². The zero-order chi connectivity index (χ0) is 15.2. The minimum Gasteiger partial charge on any atom is -0.366 e. The van der Waals surface area contributed by atoms with Crippen LogP contribution >= 0.6 is 27.5 Å². The summed E-state index contributed by atoms with van der Waals surface area (Å²) in [6, 6.07) is 9.96. The van der Waals surface area contributed by atoms with Crippen molar-refractivity contribution < 1.29 is 4.74 Å². The summed E-state index contributed by atoms with van der Waals surface area (Å²) in [5.74, 6) is 0.611. The first kappa shape index (κ1) is 16.4. The third-order valence-corrected chi connectivity index (χ3v) is 4.39. The molecule has 2 rings (SSSR count). The number of hydrogen-bond donors (Lipinski definition) is 0. The Hall–Kier alpha value is -0.970. The lowest BCUT2D eigenvalue weighted by atomic mass is 10.1. The van der Waals surface area contributed by atoms with Gasteiger partial charge in [0.25, 0.3) is 0 Å². The maximum Gasteiger partial charge on any atom is 0.163 e. The van der Waals surface area contributed by atoms with Crippen molar-refractivity contribution in [1.29, 1.82) is 0 Å². The first-order valence-corrected chi connectivity index (χ1v) is 8.22. The monoisotopic (exact) mass is 368 g/mol.